The Morgan fingerprint density at radius 2 is 2.22 bits per heavy atom. The zero-order chi connectivity index (χ0) is 13.1. The first kappa shape index (κ1) is 12.2. The number of rotatable bonds is 4. The Bertz CT molecular complexity index is 551. The van der Waals surface area contributed by atoms with Crippen molar-refractivity contribution in [3.05, 3.63) is 53.7 Å². The highest BCUT2D eigenvalue weighted by molar-refractivity contribution is 5.88. The molecule has 1 aromatic carbocycles. The Labute approximate surface area is 103 Å². The number of carboxylic acids is 1. The maximum atomic E-state index is 13.7. The zero-order valence-corrected chi connectivity index (χ0v) is 9.68. The van der Waals surface area contributed by atoms with E-state index < -0.39 is 11.8 Å². The number of benzene rings is 1. The Kier molecular flexibility index (Phi) is 3.32. The molecule has 1 unspecified atom stereocenters. The number of aromatic carboxylic acids is 1. The van der Waals surface area contributed by atoms with Gasteiger partial charge in [0, 0.05) is 0 Å². The number of hydrogen-bond acceptors (Lipinski definition) is 3. The van der Waals surface area contributed by atoms with Gasteiger partial charge in [-0.2, -0.15) is 0 Å². The number of furan rings is 1. The summed E-state index contributed by atoms with van der Waals surface area (Å²) in [6, 6.07) is 7.06. The third kappa shape index (κ3) is 2.51. The normalized spacial score (nSPS) is 12.1. The van der Waals surface area contributed by atoms with E-state index in [-0.39, 0.29) is 17.3 Å². The fourth-order valence-corrected chi connectivity index (χ4v) is 1.61. The van der Waals surface area contributed by atoms with Gasteiger partial charge in [0.25, 0.3) is 0 Å². The monoisotopic (exact) mass is 249 g/mol. The lowest BCUT2D eigenvalue weighted by molar-refractivity contribution is 0.0696. The van der Waals surface area contributed by atoms with E-state index in [1.165, 1.54) is 18.4 Å². The van der Waals surface area contributed by atoms with Crippen LogP contribution >= 0.6 is 0 Å². The van der Waals surface area contributed by atoms with Gasteiger partial charge in [0.05, 0.1) is 23.6 Å². The number of hydrogen-bond donors (Lipinski definition) is 2. The first-order valence-corrected chi connectivity index (χ1v) is 5.40. The summed E-state index contributed by atoms with van der Waals surface area (Å²) < 4.78 is 18.8. The highest BCUT2D eigenvalue weighted by Crippen LogP contribution is 2.22. The van der Waals surface area contributed by atoms with Crippen molar-refractivity contribution < 1.29 is 18.7 Å². The largest absolute Gasteiger partial charge is 0.478 e. The number of anilines is 1. The molecular weight excluding hydrogens is 237 g/mol. The van der Waals surface area contributed by atoms with Crippen molar-refractivity contribution in [1.82, 2.24) is 0 Å². The second kappa shape index (κ2) is 4.91. The van der Waals surface area contributed by atoms with Crippen LogP contribution < -0.4 is 5.32 Å². The van der Waals surface area contributed by atoms with Gasteiger partial charge in [-0.15, -0.1) is 0 Å². The van der Waals surface area contributed by atoms with Crippen molar-refractivity contribution in [2.24, 2.45) is 0 Å². The SMILES string of the molecule is CC(Nc1ccc(C(=O)O)cc1F)c1ccco1. The first-order chi connectivity index (χ1) is 8.58. The molecule has 0 spiro atoms. The minimum atomic E-state index is -1.15. The summed E-state index contributed by atoms with van der Waals surface area (Å²) >= 11 is 0. The van der Waals surface area contributed by atoms with Crippen molar-refractivity contribution in [3.8, 4) is 0 Å². The Morgan fingerprint density at radius 1 is 1.44 bits per heavy atom. The molecule has 1 aromatic heterocycles. The van der Waals surface area contributed by atoms with E-state index in [1.54, 1.807) is 12.1 Å². The third-order valence-corrected chi connectivity index (χ3v) is 2.56. The second-order valence-corrected chi connectivity index (χ2v) is 3.88. The van der Waals surface area contributed by atoms with E-state index in [4.69, 9.17) is 9.52 Å². The number of carbonyl (C=O) groups is 1. The van der Waals surface area contributed by atoms with Gasteiger partial charge in [0.15, 0.2) is 0 Å². The van der Waals surface area contributed by atoms with Crippen molar-refractivity contribution in [2.75, 3.05) is 5.32 Å². The molecule has 18 heavy (non-hydrogen) atoms. The molecule has 1 atom stereocenters. The Morgan fingerprint density at radius 3 is 2.78 bits per heavy atom. The standard InChI is InChI=1S/C13H12FNO3/c1-8(12-3-2-6-18-12)15-11-5-4-9(13(16)17)7-10(11)14/h2-8,15H,1H3,(H,16,17). The van der Waals surface area contributed by atoms with Crippen LogP contribution in [0.3, 0.4) is 0 Å². The molecule has 2 aromatic rings. The summed E-state index contributed by atoms with van der Waals surface area (Å²) in [5.41, 5.74) is 0.160. The molecule has 2 rings (SSSR count). The van der Waals surface area contributed by atoms with E-state index in [2.05, 4.69) is 5.32 Å². The molecular formula is C13H12FNO3. The molecule has 0 saturated carbocycles. The fourth-order valence-electron chi connectivity index (χ4n) is 1.61. The molecule has 5 heteroatoms. The molecule has 0 aliphatic rings. The summed E-state index contributed by atoms with van der Waals surface area (Å²) in [4.78, 5) is 10.7. The summed E-state index contributed by atoms with van der Waals surface area (Å²) in [6.45, 7) is 1.82. The highest BCUT2D eigenvalue weighted by Gasteiger charge is 2.12. The van der Waals surface area contributed by atoms with E-state index in [0.29, 0.717) is 5.76 Å². The number of carboxylic acid groups (broad SMARTS) is 1. The third-order valence-electron chi connectivity index (χ3n) is 2.56. The average molecular weight is 249 g/mol. The molecule has 0 aliphatic carbocycles. The minimum Gasteiger partial charge on any atom is -0.478 e. The molecule has 94 valence electrons. The van der Waals surface area contributed by atoms with Crippen molar-refractivity contribution in [2.45, 2.75) is 13.0 Å². The second-order valence-electron chi connectivity index (χ2n) is 3.88. The van der Waals surface area contributed by atoms with Gasteiger partial charge in [-0.1, -0.05) is 0 Å². The van der Waals surface area contributed by atoms with Crippen LogP contribution in [-0.2, 0) is 0 Å². The number of halogens is 1. The predicted octanol–water partition coefficient (Wildman–Crippen LogP) is 3.29. The maximum absolute atomic E-state index is 13.7. The molecule has 0 saturated heterocycles. The quantitative estimate of drug-likeness (QED) is 0.872. The lowest BCUT2D eigenvalue weighted by Gasteiger charge is -2.13. The van der Waals surface area contributed by atoms with Crippen LogP contribution in [0.4, 0.5) is 10.1 Å². The van der Waals surface area contributed by atoms with E-state index >= 15 is 0 Å². The first-order valence-electron chi connectivity index (χ1n) is 5.40. The van der Waals surface area contributed by atoms with Gasteiger partial charge in [-0.05, 0) is 37.3 Å². The van der Waals surface area contributed by atoms with Gasteiger partial charge in [-0.25, -0.2) is 9.18 Å². The van der Waals surface area contributed by atoms with Crippen molar-refractivity contribution in [3.63, 3.8) is 0 Å². The number of nitrogens with one attached hydrogen (secondary N) is 1. The summed E-state index contributed by atoms with van der Waals surface area (Å²) in [5, 5.41) is 11.6. The van der Waals surface area contributed by atoms with E-state index in [0.717, 1.165) is 6.07 Å². The molecule has 1 heterocycles. The van der Waals surface area contributed by atoms with E-state index in [1.807, 2.05) is 6.92 Å². The molecule has 2 N–H and O–H groups in total. The van der Waals surface area contributed by atoms with Crippen LogP contribution in [-0.4, -0.2) is 11.1 Å². The van der Waals surface area contributed by atoms with Crippen LogP contribution in [0.25, 0.3) is 0 Å². The van der Waals surface area contributed by atoms with Gasteiger partial charge >= 0.3 is 5.97 Å². The fraction of sp³-hybridized carbons (Fsp3) is 0.154. The zero-order valence-electron chi connectivity index (χ0n) is 9.68. The summed E-state index contributed by atoms with van der Waals surface area (Å²) in [7, 11) is 0. The molecule has 0 fully saturated rings. The predicted molar refractivity (Wildman–Crippen MR) is 64.1 cm³/mol. The molecule has 4 nitrogen and oxygen atoms in total. The van der Waals surface area contributed by atoms with Crippen LogP contribution in [0.5, 0.6) is 0 Å². The van der Waals surface area contributed by atoms with E-state index in [9.17, 15) is 9.18 Å². The van der Waals surface area contributed by atoms with Crippen LogP contribution in [0.1, 0.15) is 29.1 Å². The topological polar surface area (TPSA) is 62.5 Å². The smallest absolute Gasteiger partial charge is 0.335 e. The Balaban J connectivity index is 2.17. The average Bonchev–Trinajstić information content (AvgIpc) is 2.85. The molecule has 0 radical (unpaired) electrons. The van der Waals surface area contributed by atoms with Crippen molar-refractivity contribution >= 4 is 11.7 Å². The van der Waals surface area contributed by atoms with Crippen LogP contribution in [0.15, 0.2) is 41.0 Å². The maximum Gasteiger partial charge on any atom is 0.335 e. The van der Waals surface area contributed by atoms with Gasteiger partial charge in [0.2, 0.25) is 0 Å². The highest BCUT2D eigenvalue weighted by atomic mass is 19.1. The van der Waals surface area contributed by atoms with Gasteiger partial charge in [0.1, 0.15) is 11.6 Å². The van der Waals surface area contributed by atoms with Gasteiger partial charge < -0.3 is 14.8 Å². The van der Waals surface area contributed by atoms with Crippen molar-refractivity contribution in [1.29, 1.82) is 0 Å². The Hall–Kier alpha value is -2.30. The molecule has 0 amide bonds. The molecule has 0 bridgehead atoms. The van der Waals surface area contributed by atoms with Crippen LogP contribution in [0.2, 0.25) is 0 Å². The molecule has 0 aliphatic heterocycles. The lowest BCUT2D eigenvalue weighted by atomic mass is 10.1. The minimum absolute atomic E-state index is 0.0799. The van der Waals surface area contributed by atoms with Crippen LogP contribution in [0, 0.1) is 5.82 Å². The van der Waals surface area contributed by atoms with Gasteiger partial charge in [-0.3, -0.25) is 0 Å². The summed E-state index contributed by atoms with van der Waals surface area (Å²) in [6.07, 6.45) is 1.54. The lowest BCUT2D eigenvalue weighted by Crippen LogP contribution is -2.08. The summed E-state index contributed by atoms with van der Waals surface area (Å²) in [5.74, 6) is -1.08.